The fourth-order valence-corrected chi connectivity index (χ4v) is 3.88. The third-order valence-corrected chi connectivity index (χ3v) is 5.39. The third-order valence-electron chi connectivity index (χ3n) is 4.51. The number of hydrogen-bond donors (Lipinski definition) is 1. The number of nitrogens with one attached hydrogen (secondary N) is 1. The van der Waals surface area contributed by atoms with E-state index in [1.165, 1.54) is 17.4 Å². The maximum Gasteiger partial charge on any atom is 0.250 e. The van der Waals surface area contributed by atoms with Gasteiger partial charge in [-0.15, -0.1) is 11.3 Å². The molecular formula is C22H20N2O5S. The summed E-state index contributed by atoms with van der Waals surface area (Å²) in [4.78, 5) is 17.9. The van der Waals surface area contributed by atoms with Gasteiger partial charge in [-0.25, -0.2) is 4.98 Å². The summed E-state index contributed by atoms with van der Waals surface area (Å²) in [5, 5.41) is 3.35. The van der Waals surface area contributed by atoms with Crippen molar-refractivity contribution in [3.63, 3.8) is 0 Å². The van der Waals surface area contributed by atoms with E-state index >= 15 is 0 Å². The molecule has 7 nitrogen and oxygen atoms in total. The molecule has 0 saturated carbocycles. The quantitative estimate of drug-likeness (QED) is 0.587. The maximum absolute atomic E-state index is 12.4. The molecule has 3 aromatic rings. The summed E-state index contributed by atoms with van der Waals surface area (Å²) in [6.45, 7) is 2.19. The second-order valence-corrected chi connectivity index (χ2v) is 7.63. The Kier molecular flexibility index (Phi) is 5.58. The molecule has 0 bridgehead atoms. The Hall–Kier alpha value is -3.52. The summed E-state index contributed by atoms with van der Waals surface area (Å²) in [5.74, 6) is 2.39. The summed E-state index contributed by atoms with van der Waals surface area (Å²) < 4.78 is 21.3. The van der Waals surface area contributed by atoms with E-state index < -0.39 is 0 Å². The first-order valence-corrected chi connectivity index (χ1v) is 9.97. The molecule has 0 aliphatic carbocycles. The molecule has 0 unspecified atom stereocenters. The van der Waals surface area contributed by atoms with Gasteiger partial charge in [-0.3, -0.25) is 10.1 Å². The summed E-state index contributed by atoms with van der Waals surface area (Å²) in [5.41, 5.74) is 2.53. The number of aryl methyl sites for hydroxylation is 1. The number of fused-ring (bicyclic) bond motifs is 1. The average Bonchev–Trinajstić information content (AvgIpc) is 3.37. The predicted molar refractivity (Wildman–Crippen MR) is 116 cm³/mol. The summed E-state index contributed by atoms with van der Waals surface area (Å²) >= 11 is 1.42. The number of thiazole rings is 1. The van der Waals surface area contributed by atoms with Crippen LogP contribution in [0, 0.1) is 6.92 Å². The van der Waals surface area contributed by atoms with Crippen LogP contribution in [0.2, 0.25) is 0 Å². The first-order valence-electron chi connectivity index (χ1n) is 9.16. The highest BCUT2D eigenvalue weighted by Crippen LogP contribution is 2.38. The predicted octanol–water partition coefficient (Wildman–Crippen LogP) is 4.52. The number of aromatic nitrogens is 1. The number of anilines is 1. The summed E-state index contributed by atoms with van der Waals surface area (Å²) in [7, 11) is 3.15. The third kappa shape index (κ3) is 4.08. The van der Waals surface area contributed by atoms with Crippen LogP contribution in [0.4, 0.5) is 5.13 Å². The van der Waals surface area contributed by atoms with Gasteiger partial charge in [-0.2, -0.15) is 0 Å². The van der Waals surface area contributed by atoms with E-state index in [2.05, 4.69) is 10.3 Å². The first kappa shape index (κ1) is 19.8. The van der Waals surface area contributed by atoms with Crippen molar-refractivity contribution in [2.75, 3.05) is 26.3 Å². The van der Waals surface area contributed by atoms with Crippen molar-refractivity contribution >= 4 is 28.5 Å². The van der Waals surface area contributed by atoms with Crippen LogP contribution in [-0.4, -0.2) is 31.9 Å². The fourth-order valence-electron chi connectivity index (χ4n) is 3.04. The monoisotopic (exact) mass is 424 g/mol. The topological polar surface area (TPSA) is 78.9 Å². The minimum atomic E-state index is -0.268. The van der Waals surface area contributed by atoms with Crippen LogP contribution in [0.5, 0.6) is 23.0 Å². The van der Waals surface area contributed by atoms with E-state index in [1.54, 1.807) is 32.4 Å². The lowest BCUT2D eigenvalue weighted by molar-refractivity contribution is -0.111. The maximum atomic E-state index is 12.4. The molecule has 0 spiro atoms. The van der Waals surface area contributed by atoms with Crippen molar-refractivity contribution in [2.24, 2.45) is 0 Å². The second-order valence-electron chi connectivity index (χ2n) is 6.43. The molecule has 0 atom stereocenters. The smallest absolute Gasteiger partial charge is 0.250 e. The van der Waals surface area contributed by atoms with Crippen molar-refractivity contribution < 1.29 is 23.7 Å². The molecule has 0 fully saturated rings. The van der Waals surface area contributed by atoms with E-state index in [0.717, 1.165) is 27.4 Å². The zero-order chi connectivity index (χ0) is 21.1. The standard InChI is InChI=1S/C22H20N2O5S/c1-13-21(15-6-8-17-19(11-15)29-12-28-17)24-22(30-13)23-20(25)9-5-14-4-7-16(26-2)18(10-14)27-3/h4-11H,12H2,1-3H3,(H,23,24,25)/b9-5+. The molecule has 154 valence electrons. The van der Waals surface area contributed by atoms with Crippen molar-refractivity contribution in [3.8, 4) is 34.3 Å². The van der Waals surface area contributed by atoms with Crippen LogP contribution in [0.25, 0.3) is 17.3 Å². The average molecular weight is 424 g/mol. The lowest BCUT2D eigenvalue weighted by Gasteiger charge is -2.07. The number of carbonyl (C=O) groups excluding carboxylic acids is 1. The number of nitrogens with zero attached hydrogens (tertiary/aromatic N) is 1. The van der Waals surface area contributed by atoms with Crippen molar-refractivity contribution in [1.29, 1.82) is 0 Å². The number of amides is 1. The number of methoxy groups -OCH3 is 2. The minimum absolute atomic E-state index is 0.225. The lowest BCUT2D eigenvalue weighted by atomic mass is 10.1. The van der Waals surface area contributed by atoms with Crippen LogP contribution in [0.3, 0.4) is 0 Å². The van der Waals surface area contributed by atoms with Crippen molar-refractivity contribution in [2.45, 2.75) is 6.92 Å². The normalized spacial score (nSPS) is 12.2. The van der Waals surface area contributed by atoms with Gasteiger partial charge in [0.15, 0.2) is 28.1 Å². The van der Waals surface area contributed by atoms with Gasteiger partial charge < -0.3 is 18.9 Å². The molecule has 1 aliphatic heterocycles. The highest BCUT2D eigenvalue weighted by Gasteiger charge is 2.17. The van der Waals surface area contributed by atoms with Gasteiger partial charge in [0.05, 0.1) is 19.9 Å². The molecule has 0 radical (unpaired) electrons. The van der Waals surface area contributed by atoms with Crippen LogP contribution in [-0.2, 0) is 4.79 Å². The highest BCUT2D eigenvalue weighted by atomic mass is 32.1. The molecule has 0 saturated heterocycles. The number of rotatable bonds is 6. The van der Waals surface area contributed by atoms with E-state index in [-0.39, 0.29) is 12.7 Å². The fraction of sp³-hybridized carbons (Fsp3) is 0.182. The van der Waals surface area contributed by atoms with Gasteiger partial charge >= 0.3 is 0 Å². The number of carbonyl (C=O) groups is 1. The minimum Gasteiger partial charge on any atom is -0.493 e. The molecule has 2 aromatic carbocycles. The SMILES string of the molecule is COc1ccc(/C=C/C(=O)Nc2nc(-c3ccc4c(c3)OCO4)c(C)s2)cc1OC. The van der Waals surface area contributed by atoms with Gasteiger partial charge in [0.25, 0.3) is 0 Å². The van der Waals surface area contributed by atoms with Crippen LogP contribution < -0.4 is 24.3 Å². The van der Waals surface area contributed by atoms with E-state index in [4.69, 9.17) is 18.9 Å². The van der Waals surface area contributed by atoms with Gasteiger partial charge in [0.2, 0.25) is 12.7 Å². The molecule has 30 heavy (non-hydrogen) atoms. The van der Waals surface area contributed by atoms with Gasteiger partial charge in [0.1, 0.15) is 0 Å². The molecule has 2 heterocycles. The molecular weight excluding hydrogens is 404 g/mol. The highest BCUT2D eigenvalue weighted by molar-refractivity contribution is 7.16. The Bertz CT molecular complexity index is 1120. The van der Waals surface area contributed by atoms with Crippen LogP contribution in [0.15, 0.2) is 42.5 Å². The van der Waals surface area contributed by atoms with E-state index in [0.29, 0.717) is 22.4 Å². The van der Waals surface area contributed by atoms with Crippen molar-refractivity contribution in [1.82, 2.24) is 4.98 Å². The molecule has 1 aliphatic rings. The number of benzene rings is 2. The van der Waals surface area contributed by atoms with Crippen LogP contribution in [0.1, 0.15) is 10.4 Å². The molecule has 1 amide bonds. The van der Waals surface area contributed by atoms with Gasteiger partial charge in [0, 0.05) is 16.5 Å². The Balaban J connectivity index is 1.46. The zero-order valence-corrected chi connectivity index (χ0v) is 17.5. The van der Waals surface area contributed by atoms with Crippen molar-refractivity contribution in [3.05, 3.63) is 52.9 Å². The van der Waals surface area contributed by atoms with Gasteiger partial charge in [-0.05, 0) is 48.9 Å². The molecule has 1 N–H and O–H groups in total. The second kappa shape index (κ2) is 8.46. The molecule has 1 aromatic heterocycles. The Morgan fingerprint density at radius 1 is 1.10 bits per heavy atom. The number of ether oxygens (including phenoxy) is 4. The summed E-state index contributed by atoms with van der Waals surface area (Å²) in [6.07, 6.45) is 3.16. The molecule has 8 heteroatoms. The van der Waals surface area contributed by atoms with E-state index in [9.17, 15) is 4.79 Å². The zero-order valence-electron chi connectivity index (χ0n) is 16.7. The van der Waals surface area contributed by atoms with Gasteiger partial charge in [-0.1, -0.05) is 6.07 Å². The first-order chi connectivity index (χ1) is 14.6. The summed E-state index contributed by atoms with van der Waals surface area (Å²) in [6, 6.07) is 11.1. The lowest BCUT2D eigenvalue weighted by Crippen LogP contribution is -2.07. The van der Waals surface area contributed by atoms with E-state index in [1.807, 2.05) is 31.2 Å². The Morgan fingerprint density at radius 2 is 1.90 bits per heavy atom. The number of hydrogen-bond acceptors (Lipinski definition) is 7. The van der Waals surface area contributed by atoms with Crippen LogP contribution >= 0.6 is 11.3 Å². The molecule has 4 rings (SSSR count). The largest absolute Gasteiger partial charge is 0.493 e. The Morgan fingerprint density at radius 3 is 2.70 bits per heavy atom. The Labute approximate surface area is 177 Å².